The second-order valence-electron chi connectivity index (χ2n) is 4.21. The number of hydrogen-bond donors (Lipinski definition) is 1. The number of carbonyl (C=O) groups excluding carboxylic acids is 1. The Labute approximate surface area is 112 Å². The molecule has 4 heteroatoms. The summed E-state index contributed by atoms with van der Waals surface area (Å²) in [5.41, 5.74) is 1.68. The molecule has 1 unspecified atom stereocenters. The molecule has 1 heterocycles. The summed E-state index contributed by atoms with van der Waals surface area (Å²) in [6.45, 7) is 1.57. The van der Waals surface area contributed by atoms with E-state index in [2.05, 4.69) is 10.3 Å². The summed E-state index contributed by atoms with van der Waals surface area (Å²) in [5, 5.41) is 3.18. The summed E-state index contributed by atoms with van der Waals surface area (Å²) in [5.74, 6) is 0.703. The summed E-state index contributed by atoms with van der Waals surface area (Å²) in [6, 6.07) is 11.0. The van der Waals surface area contributed by atoms with Crippen molar-refractivity contribution >= 4 is 11.5 Å². The highest BCUT2D eigenvalue weighted by Crippen LogP contribution is 2.22. The zero-order valence-electron chi connectivity index (χ0n) is 11.0. The van der Waals surface area contributed by atoms with E-state index in [1.165, 1.54) is 0 Å². The van der Waals surface area contributed by atoms with Crippen molar-refractivity contribution in [3.05, 3.63) is 54.4 Å². The first-order valence-electron chi connectivity index (χ1n) is 6.01. The third kappa shape index (κ3) is 3.31. The highest BCUT2D eigenvalue weighted by atomic mass is 16.5. The van der Waals surface area contributed by atoms with Crippen molar-refractivity contribution in [3.63, 3.8) is 0 Å². The van der Waals surface area contributed by atoms with Crippen molar-refractivity contribution < 1.29 is 9.53 Å². The number of pyridine rings is 1. The van der Waals surface area contributed by atoms with Crippen LogP contribution in [0.3, 0.4) is 0 Å². The minimum absolute atomic E-state index is 0.0500. The van der Waals surface area contributed by atoms with E-state index in [-0.39, 0.29) is 11.8 Å². The second kappa shape index (κ2) is 6.00. The molecule has 1 atom stereocenters. The number of carbonyl (C=O) groups is 1. The van der Waals surface area contributed by atoms with Crippen LogP contribution >= 0.6 is 0 Å². The summed E-state index contributed by atoms with van der Waals surface area (Å²) in [6.07, 6.45) is 3.29. The number of methoxy groups -OCH3 is 1. The van der Waals surface area contributed by atoms with Gasteiger partial charge in [-0.15, -0.1) is 0 Å². The first-order valence-corrected chi connectivity index (χ1v) is 6.01. The summed E-state index contributed by atoms with van der Waals surface area (Å²) in [7, 11) is 1.58. The van der Waals surface area contributed by atoms with Crippen LogP contribution in [0.5, 0.6) is 5.75 Å². The molecule has 98 valence electrons. The van der Waals surface area contributed by atoms with Crippen LogP contribution in [-0.2, 0) is 4.79 Å². The van der Waals surface area contributed by atoms with Gasteiger partial charge in [0, 0.05) is 6.07 Å². The number of ketones is 1. The number of ether oxygens (including phenoxy) is 1. The maximum Gasteiger partial charge on any atom is 0.156 e. The molecule has 0 fully saturated rings. The Morgan fingerprint density at radius 2 is 2.00 bits per heavy atom. The van der Waals surface area contributed by atoms with Gasteiger partial charge in [-0.3, -0.25) is 9.78 Å². The van der Waals surface area contributed by atoms with E-state index in [4.69, 9.17) is 4.74 Å². The molecule has 2 aromatic rings. The SMILES string of the molecule is COc1cncc(NC(C(C)=O)c2ccccc2)c1. The predicted molar refractivity (Wildman–Crippen MR) is 74.3 cm³/mol. The van der Waals surface area contributed by atoms with Crippen LogP contribution in [0.2, 0.25) is 0 Å². The Morgan fingerprint density at radius 3 is 2.63 bits per heavy atom. The number of aromatic nitrogens is 1. The van der Waals surface area contributed by atoms with Crippen LogP contribution in [0.4, 0.5) is 5.69 Å². The molecule has 0 radical (unpaired) electrons. The number of hydrogen-bond acceptors (Lipinski definition) is 4. The van der Waals surface area contributed by atoms with Crippen molar-refractivity contribution in [1.29, 1.82) is 0 Å². The van der Waals surface area contributed by atoms with E-state index in [1.54, 1.807) is 26.4 Å². The van der Waals surface area contributed by atoms with E-state index in [0.717, 1.165) is 11.3 Å². The monoisotopic (exact) mass is 256 g/mol. The van der Waals surface area contributed by atoms with Crippen molar-refractivity contribution in [1.82, 2.24) is 4.98 Å². The zero-order valence-corrected chi connectivity index (χ0v) is 11.0. The van der Waals surface area contributed by atoms with E-state index < -0.39 is 0 Å². The van der Waals surface area contributed by atoms with E-state index in [0.29, 0.717) is 5.75 Å². The fourth-order valence-electron chi connectivity index (χ4n) is 1.84. The topological polar surface area (TPSA) is 51.2 Å². The van der Waals surface area contributed by atoms with Gasteiger partial charge in [-0.2, -0.15) is 0 Å². The normalized spacial score (nSPS) is 11.7. The maximum absolute atomic E-state index is 11.8. The van der Waals surface area contributed by atoms with Gasteiger partial charge in [0.25, 0.3) is 0 Å². The van der Waals surface area contributed by atoms with Gasteiger partial charge >= 0.3 is 0 Å². The smallest absolute Gasteiger partial charge is 0.156 e. The van der Waals surface area contributed by atoms with Crippen molar-refractivity contribution in [2.45, 2.75) is 13.0 Å². The Kier molecular flexibility index (Phi) is 4.13. The van der Waals surface area contributed by atoms with Gasteiger partial charge in [0.05, 0.1) is 25.2 Å². The van der Waals surface area contributed by atoms with Crippen molar-refractivity contribution in [3.8, 4) is 5.75 Å². The maximum atomic E-state index is 11.8. The summed E-state index contributed by atoms with van der Waals surface area (Å²) >= 11 is 0. The van der Waals surface area contributed by atoms with E-state index in [9.17, 15) is 4.79 Å². The molecule has 0 aliphatic carbocycles. The molecular weight excluding hydrogens is 240 g/mol. The minimum atomic E-state index is -0.380. The lowest BCUT2D eigenvalue weighted by Gasteiger charge is -2.17. The molecule has 2 rings (SSSR count). The van der Waals surface area contributed by atoms with Gasteiger partial charge in [-0.1, -0.05) is 30.3 Å². The van der Waals surface area contributed by atoms with Gasteiger partial charge in [0.15, 0.2) is 5.78 Å². The van der Waals surface area contributed by atoms with Gasteiger partial charge in [-0.25, -0.2) is 0 Å². The quantitative estimate of drug-likeness (QED) is 0.893. The number of nitrogens with zero attached hydrogens (tertiary/aromatic N) is 1. The Morgan fingerprint density at radius 1 is 1.26 bits per heavy atom. The highest BCUT2D eigenvalue weighted by Gasteiger charge is 2.16. The zero-order chi connectivity index (χ0) is 13.7. The van der Waals surface area contributed by atoms with Crippen LogP contribution in [0, 0.1) is 0 Å². The molecule has 1 aromatic heterocycles. The molecular formula is C15H16N2O2. The molecule has 19 heavy (non-hydrogen) atoms. The van der Waals surface area contributed by atoms with Crippen molar-refractivity contribution in [2.75, 3.05) is 12.4 Å². The Bertz CT molecular complexity index is 555. The highest BCUT2D eigenvalue weighted by molar-refractivity contribution is 5.85. The minimum Gasteiger partial charge on any atom is -0.495 e. The molecule has 0 saturated carbocycles. The molecule has 0 aliphatic rings. The number of Topliss-reactive ketones (excluding diaryl/α,β-unsaturated/α-hetero) is 1. The third-order valence-electron chi connectivity index (χ3n) is 2.80. The molecule has 0 bridgehead atoms. The molecule has 0 spiro atoms. The van der Waals surface area contributed by atoms with Gasteiger partial charge in [-0.05, 0) is 12.5 Å². The second-order valence-corrected chi connectivity index (χ2v) is 4.21. The van der Waals surface area contributed by atoms with Crippen LogP contribution in [0.15, 0.2) is 48.8 Å². The number of benzene rings is 1. The largest absolute Gasteiger partial charge is 0.495 e. The average Bonchev–Trinajstić information content (AvgIpc) is 2.45. The molecule has 1 aromatic carbocycles. The third-order valence-corrected chi connectivity index (χ3v) is 2.80. The Balaban J connectivity index is 2.24. The van der Waals surface area contributed by atoms with Crippen molar-refractivity contribution in [2.24, 2.45) is 0 Å². The van der Waals surface area contributed by atoms with Gasteiger partial charge in [0.2, 0.25) is 0 Å². The Hall–Kier alpha value is -2.36. The number of nitrogens with one attached hydrogen (secondary N) is 1. The lowest BCUT2D eigenvalue weighted by molar-refractivity contribution is -0.117. The standard InChI is InChI=1S/C15H16N2O2/c1-11(18)15(12-6-4-3-5-7-12)17-13-8-14(19-2)10-16-9-13/h3-10,15,17H,1-2H3. The summed E-state index contributed by atoms with van der Waals surface area (Å²) < 4.78 is 5.12. The van der Waals surface area contributed by atoms with Crippen LogP contribution < -0.4 is 10.1 Å². The number of rotatable bonds is 5. The molecule has 0 aliphatic heterocycles. The predicted octanol–water partition coefficient (Wildman–Crippen LogP) is 2.83. The lowest BCUT2D eigenvalue weighted by Crippen LogP contribution is -2.18. The summed E-state index contributed by atoms with van der Waals surface area (Å²) in [4.78, 5) is 15.9. The molecule has 0 saturated heterocycles. The number of anilines is 1. The first-order chi connectivity index (χ1) is 9.20. The van der Waals surface area contributed by atoms with E-state index >= 15 is 0 Å². The van der Waals surface area contributed by atoms with Gasteiger partial charge < -0.3 is 10.1 Å². The molecule has 4 nitrogen and oxygen atoms in total. The molecule has 1 N–H and O–H groups in total. The first kappa shape index (κ1) is 13.1. The average molecular weight is 256 g/mol. The van der Waals surface area contributed by atoms with Crippen LogP contribution in [-0.4, -0.2) is 17.9 Å². The van der Waals surface area contributed by atoms with Crippen LogP contribution in [0.25, 0.3) is 0 Å². The van der Waals surface area contributed by atoms with E-state index in [1.807, 2.05) is 36.4 Å². The fourth-order valence-corrected chi connectivity index (χ4v) is 1.84. The molecule has 0 amide bonds. The van der Waals surface area contributed by atoms with Gasteiger partial charge in [0.1, 0.15) is 11.8 Å². The lowest BCUT2D eigenvalue weighted by atomic mass is 10.0. The van der Waals surface area contributed by atoms with Crippen LogP contribution in [0.1, 0.15) is 18.5 Å². The fraction of sp³-hybridized carbons (Fsp3) is 0.200.